The zero-order chi connectivity index (χ0) is 26.0. The molecule has 2 aromatic carbocycles. The maximum atomic E-state index is 13.1. The summed E-state index contributed by atoms with van der Waals surface area (Å²) in [7, 11) is -3.41. The van der Waals surface area contributed by atoms with Crippen molar-refractivity contribution in [2.24, 2.45) is 0 Å². The maximum Gasteiger partial charge on any atom is 0.255 e. The Morgan fingerprint density at radius 2 is 1.83 bits per heavy atom. The number of carbonyl (C=O) groups is 1. The molecule has 35 heavy (non-hydrogen) atoms. The van der Waals surface area contributed by atoms with Crippen LogP contribution >= 0.6 is 23.2 Å². The molecule has 182 valence electrons. The Balaban J connectivity index is 2.16. The Kier molecular flexibility index (Phi) is 7.90. The van der Waals surface area contributed by atoms with Crippen molar-refractivity contribution in [1.29, 1.82) is 0 Å². The van der Waals surface area contributed by atoms with Gasteiger partial charge in [-0.25, -0.2) is 8.42 Å². The minimum atomic E-state index is -3.41. The molecule has 3 rings (SSSR count). The summed E-state index contributed by atoms with van der Waals surface area (Å²) in [5, 5.41) is 4.04. The van der Waals surface area contributed by atoms with E-state index in [0.717, 1.165) is 10.9 Å². The van der Waals surface area contributed by atoms with E-state index in [2.05, 4.69) is 16.9 Å². The number of hydrogen-bond acceptors (Lipinski definition) is 4. The number of benzene rings is 2. The number of pyridine rings is 1. The number of nitrogens with zero attached hydrogens (tertiary/aromatic N) is 1. The fourth-order valence-electron chi connectivity index (χ4n) is 3.47. The fourth-order valence-corrected chi connectivity index (χ4v) is 4.36. The molecule has 5 nitrogen and oxygen atoms in total. The van der Waals surface area contributed by atoms with Gasteiger partial charge in [0.05, 0.1) is 26.0 Å². The number of amides is 1. The predicted octanol–water partition coefficient (Wildman–Crippen LogP) is 6.69. The van der Waals surface area contributed by atoms with E-state index in [9.17, 15) is 13.2 Å². The molecule has 1 amide bonds. The van der Waals surface area contributed by atoms with Crippen LogP contribution in [0.4, 0.5) is 0 Å². The number of halogens is 2. The number of sulfone groups is 1. The highest BCUT2D eigenvalue weighted by Gasteiger charge is 2.33. The van der Waals surface area contributed by atoms with E-state index in [0.29, 0.717) is 22.2 Å². The molecular weight excluding hydrogens is 503 g/mol. The van der Waals surface area contributed by atoms with Crippen LogP contribution in [-0.2, 0) is 14.6 Å². The first kappa shape index (κ1) is 26.7. The predicted molar refractivity (Wildman–Crippen MR) is 145 cm³/mol. The van der Waals surface area contributed by atoms with Crippen molar-refractivity contribution in [3.63, 3.8) is 0 Å². The summed E-state index contributed by atoms with van der Waals surface area (Å²) in [6.45, 7) is 8.71. The average Bonchev–Trinajstić information content (AvgIpc) is 2.84. The molecule has 0 saturated heterocycles. The van der Waals surface area contributed by atoms with E-state index in [-0.39, 0.29) is 15.8 Å². The summed E-state index contributed by atoms with van der Waals surface area (Å²) in [5.74, 6) is -0.410. The van der Waals surface area contributed by atoms with Gasteiger partial charge in [0.15, 0.2) is 9.84 Å². The van der Waals surface area contributed by atoms with Crippen molar-refractivity contribution >= 4 is 49.8 Å². The molecular formula is C27H26Cl2N2O3S. The standard InChI is InChI=1S/C27H26Cl2N2O3S/c1-6-22(28)25(23(29)7-2)31-26(32)19-11-8-10-17(14-19)21-16-20(27(3,4)35(5,33)34)15-18-12-9-13-30-24(18)21/h6-16H,1H2,2-5H3,(H,31,32)/b23-7+,25-22-. The summed E-state index contributed by atoms with van der Waals surface area (Å²) < 4.78 is 24.0. The molecule has 0 saturated carbocycles. The molecule has 0 radical (unpaired) electrons. The quantitative estimate of drug-likeness (QED) is 0.346. The van der Waals surface area contributed by atoms with E-state index < -0.39 is 20.5 Å². The third-order valence-corrected chi connectivity index (χ3v) is 8.75. The Hall–Kier alpha value is -2.93. The van der Waals surface area contributed by atoms with Gasteiger partial charge in [0.1, 0.15) is 0 Å². The number of hydrogen-bond donors (Lipinski definition) is 1. The summed E-state index contributed by atoms with van der Waals surface area (Å²) in [4.78, 5) is 17.6. The maximum absolute atomic E-state index is 13.1. The lowest BCUT2D eigenvalue weighted by atomic mass is 9.93. The largest absolute Gasteiger partial charge is 0.319 e. The first-order valence-corrected chi connectivity index (χ1v) is 13.4. The second-order valence-electron chi connectivity index (χ2n) is 8.48. The average molecular weight is 529 g/mol. The Morgan fingerprint density at radius 1 is 1.11 bits per heavy atom. The van der Waals surface area contributed by atoms with Crippen molar-refractivity contribution in [3.05, 3.63) is 100 Å². The fraction of sp³-hybridized carbons (Fsp3) is 0.185. The highest BCUT2D eigenvalue weighted by atomic mass is 35.5. The summed E-state index contributed by atoms with van der Waals surface area (Å²) in [5.41, 5.74) is 3.38. The van der Waals surface area contributed by atoms with Crippen molar-refractivity contribution in [1.82, 2.24) is 10.3 Å². The third kappa shape index (κ3) is 5.50. The van der Waals surface area contributed by atoms with Crippen molar-refractivity contribution in [3.8, 4) is 11.1 Å². The lowest BCUT2D eigenvalue weighted by Gasteiger charge is -2.24. The van der Waals surface area contributed by atoms with Crippen LogP contribution < -0.4 is 5.32 Å². The van der Waals surface area contributed by atoms with Gasteiger partial charge in [0.25, 0.3) is 5.91 Å². The summed E-state index contributed by atoms with van der Waals surface area (Å²) in [6.07, 6.45) is 5.91. The highest BCUT2D eigenvalue weighted by Crippen LogP contribution is 2.36. The van der Waals surface area contributed by atoms with Crippen LogP contribution in [0.2, 0.25) is 0 Å². The van der Waals surface area contributed by atoms with E-state index in [1.807, 2.05) is 24.3 Å². The van der Waals surface area contributed by atoms with Gasteiger partial charge >= 0.3 is 0 Å². The van der Waals surface area contributed by atoms with Crippen molar-refractivity contribution < 1.29 is 13.2 Å². The molecule has 0 unspecified atom stereocenters. The lowest BCUT2D eigenvalue weighted by Crippen LogP contribution is -2.28. The molecule has 1 aromatic heterocycles. The lowest BCUT2D eigenvalue weighted by molar-refractivity contribution is 0.0967. The van der Waals surface area contributed by atoms with E-state index in [4.69, 9.17) is 23.2 Å². The molecule has 0 fully saturated rings. The number of carbonyl (C=O) groups excluding carboxylic acids is 1. The smallest absolute Gasteiger partial charge is 0.255 e. The molecule has 1 N–H and O–H groups in total. The minimum Gasteiger partial charge on any atom is -0.319 e. The van der Waals surface area contributed by atoms with Gasteiger partial charge in [-0.1, -0.05) is 54.1 Å². The second kappa shape index (κ2) is 10.4. The summed E-state index contributed by atoms with van der Waals surface area (Å²) >= 11 is 12.4. The second-order valence-corrected chi connectivity index (χ2v) is 11.9. The van der Waals surface area contributed by atoms with Crippen LogP contribution in [0.25, 0.3) is 22.0 Å². The molecule has 0 aliphatic heterocycles. The topological polar surface area (TPSA) is 76.1 Å². The van der Waals surface area contributed by atoms with E-state index in [1.165, 1.54) is 12.3 Å². The molecule has 0 aliphatic carbocycles. The zero-order valence-corrected chi connectivity index (χ0v) is 22.2. The SMILES string of the molecule is C=C/C(Cl)=C(NC(=O)c1cccc(-c2cc(C(C)(C)S(C)(=O)=O)cc3cccnc23)c1)\C(Cl)=C/C. The molecule has 3 aromatic rings. The molecule has 1 heterocycles. The normalized spacial score (nSPS) is 13.4. The van der Waals surface area contributed by atoms with Gasteiger partial charge in [-0.2, -0.15) is 0 Å². The Bertz CT molecular complexity index is 1490. The van der Waals surface area contributed by atoms with Crippen LogP contribution in [-0.4, -0.2) is 25.6 Å². The van der Waals surface area contributed by atoms with Crippen LogP contribution in [0.1, 0.15) is 36.7 Å². The first-order chi connectivity index (χ1) is 16.4. The van der Waals surface area contributed by atoms with Crippen LogP contribution in [0.5, 0.6) is 0 Å². The van der Waals surface area contributed by atoms with Gasteiger partial charge in [0, 0.05) is 29.0 Å². The van der Waals surface area contributed by atoms with Gasteiger partial charge in [0.2, 0.25) is 0 Å². The number of nitrogens with one attached hydrogen (secondary N) is 1. The monoisotopic (exact) mass is 528 g/mol. The molecule has 8 heteroatoms. The van der Waals surface area contributed by atoms with E-state index >= 15 is 0 Å². The van der Waals surface area contributed by atoms with Gasteiger partial charge in [-0.05, 0) is 68.3 Å². The van der Waals surface area contributed by atoms with Gasteiger partial charge in [-0.15, -0.1) is 0 Å². The number of fused-ring (bicyclic) bond motifs is 1. The molecule has 0 atom stereocenters. The summed E-state index contributed by atoms with van der Waals surface area (Å²) in [6, 6.07) is 14.3. The Labute approximate surface area is 216 Å². The number of aromatic nitrogens is 1. The van der Waals surface area contributed by atoms with Crippen molar-refractivity contribution in [2.45, 2.75) is 25.5 Å². The van der Waals surface area contributed by atoms with Crippen LogP contribution in [0.3, 0.4) is 0 Å². The molecule has 0 spiro atoms. The van der Waals surface area contributed by atoms with Crippen molar-refractivity contribution in [2.75, 3.05) is 6.26 Å². The van der Waals surface area contributed by atoms with Gasteiger partial charge in [-0.3, -0.25) is 9.78 Å². The number of allylic oxidation sites excluding steroid dienone is 4. The Morgan fingerprint density at radius 3 is 2.46 bits per heavy atom. The third-order valence-electron chi connectivity index (χ3n) is 5.91. The molecule has 0 aliphatic rings. The first-order valence-electron chi connectivity index (χ1n) is 10.8. The molecule has 0 bridgehead atoms. The highest BCUT2D eigenvalue weighted by molar-refractivity contribution is 7.91. The zero-order valence-electron chi connectivity index (χ0n) is 19.9. The van der Waals surface area contributed by atoms with E-state index in [1.54, 1.807) is 57.3 Å². The van der Waals surface area contributed by atoms with Gasteiger partial charge < -0.3 is 5.32 Å². The van der Waals surface area contributed by atoms with Crippen LogP contribution in [0, 0.1) is 0 Å². The minimum absolute atomic E-state index is 0.212. The van der Waals surface area contributed by atoms with Crippen LogP contribution in [0.15, 0.2) is 89.2 Å². The number of rotatable bonds is 7.